The lowest BCUT2D eigenvalue weighted by Gasteiger charge is -2.12. The third-order valence-corrected chi connectivity index (χ3v) is 3.79. The number of rotatable bonds is 6. The molecular formula is C20H18F3N5O2. The van der Waals surface area contributed by atoms with Crippen LogP contribution in [0.4, 0.5) is 36.3 Å². The lowest BCUT2D eigenvalue weighted by atomic mass is 10.1. The van der Waals surface area contributed by atoms with Crippen molar-refractivity contribution >= 4 is 29.0 Å². The van der Waals surface area contributed by atoms with E-state index in [0.717, 1.165) is 0 Å². The molecule has 0 aliphatic rings. The number of amides is 1. The highest BCUT2D eigenvalue weighted by Gasteiger charge is 2.31. The van der Waals surface area contributed by atoms with E-state index in [1.54, 1.807) is 43.4 Å². The minimum Gasteiger partial charge on any atom is -0.406 e. The van der Waals surface area contributed by atoms with Gasteiger partial charge in [-0.1, -0.05) is 12.1 Å². The maximum Gasteiger partial charge on any atom is 0.573 e. The topological polar surface area (TPSA) is 88.2 Å². The van der Waals surface area contributed by atoms with Crippen LogP contribution >= 0.6 is 0 Å². The minimum absolute atomic E-state index is 0.174. The van der Waals surface area contributed by atoms with Crippen LogP contribution in [0.5, 0.6) is 5.75 Å². The van der Waals surface area contributed by atoms with Crippen molar-refractivity contribution in [1.29, 1.82) is 0 Å². The van der Waals surface area contributed by atoms with Crippen molar-refractivity contribution in [3.05, 3.63) is 54.6 Å². The molecule has 7 nitrogen and oxygen atoms in total. The number of carbonyl (C=O) groups excluding carboxylic acids is 1. The standard InChI is InChI=1S/C20H18F3N5O2/c1-12(29)25-14-6-8-15(9-7-14)26-18-11-17(27-19(24-2)28-18)13-4-3-5-16(10-13)30-20(21,22)23/h3-11H,1-2H3,(H,25,29)(H2,24,26,27,28). The molecule has 0 bridgehead atoms. The first-order valence-corrected chi connectivity index (χ1v) is 8.79. The molecule has 30 heavy (non-hydrogen) atoms. The lowest BCUT2D eigenvalue weighted by molar-refractivity contribution is -0.274. The molecule has 3 aromatic rings. The van der Waals surface area contributed by atoms with E-state index in [0.29, 0.717) is 28.5 Å². The largest absolute Gasteiger partial charge is 0.573 e. The molecule has 0 spiro atoms. The number of nitrogens with zero attached hydrogens (tertiary/aromatic N) is 2. The Bertz CT molecular complexity index is 1040. The van der Waals surface area contributed by atoms with E-state index < -0.39 is 6.36 Å². The zero-order chi connectivity index (χ0) is 21.7. The predicted octanol–water partition coefficient (Wildman–Crippen LogP) is 4.79. The first kappa shape index (κ1) is 20.9. The number of aromatic nitrogens is 2. The Kier molecular flexibility index (Phi) is 6.05. The number of benzene rings is 2. The van der Waals surface area contributed by atoms with Gasteiger partial charge in [0.05, 0.1) is 5.69 Å². The molecule has 10 heteroatoms. The quantitative estimate of drug-likeness (QED) is 0.535. The fourth-order valence-electron chi connectivity index (χ4n) is 2.61. The van der Waals surface area contributed by atoms with Crippen molar-refractivity contribution in [3.63, 3.8) is 0 Å². The van der Waals surface area contributed by atoms with Crippen molar-refractivity contribution < 1.29 is 22.7 Å². The van der Waals surface area contributed by atoms with E-state index in [2.05, 4.69) is 30.7 Å². The van der Waals surface area contributed by atoms with E-state index in [9.17, 15) is 18.0 Å². The summed E-state index contributed by atoms with van der Waals surface area (Å²) < 4.78 is 41.5. The molecule has 156 valence electrons. The number of hydrogen-bond acceptors (Lipinski definition) is 6. The van der Waals surface area contributed by atoms with Crippen LogP contribution in [0.25, 0.3) is 11.3 Å². The third-order valence-electron chi connectivity index (χ3n) is 3.79. The van der Waals surface area contributed by atoms with Crippen molar-refractivity contribution in [2.45, 2.75) is 13.3 Å². The summed E-state index contributed by atoms with van der Waals surface area (Å²) in [5.41, 5.74) is 2.18. The zero-order valence-corrected chi connectivity index (χ0v) is 16.0. The molecule has 3 rings (SSSR count). The van der Waals surface area contributed by atoms with Crippen LogP contribution in [0.15, 0.2) is 54.6 Å². The Morgan fingerprint density at radius 2 is 1.70 bits per heavy atom. The molecule has 0 atom stereocenters. The van der Waals surface area contributed by atoms with Crippen LogP contribution in [0.1, 0.15) is 6.92 Å². The van der Waals surface area contributed by atoms with E-state index in [4.69, 9.17) is 0 Å². The average molecular weight is 417 g/mol. The Hall–Kier alpha value is -3.82. The van der Waals surface area contributed by atoms with Gasteiger partial charge in [-0.25, -0.2) is 4.98 Å². The van der Waals surface area contributed by atoms with E-state index in [1.165, 1.54) is 25.1 Å². The maximum absolute atomic E-state index is 12.5. The number of anilines is 4. The van der Waals surface area contributed by atoms with Gasteiger partial charge in [-0.05, 0) is 36.4 Å². The van der Waals surface area contributed by atoms with Gasteiger partial charge in [0.1, 0.15) is 11.6 Å². The monoisotopic (exact) mass is 417 g/mol. The highest BCUT2D eigenvalue weighted by Crippen LogP contribution is 2.29. The fourth-order valence-corrected chi connectivity index (χ4v) is 2.61. The van der Waals surface area contributed by atoms with Crippen LogP contribution in [0.3, 0.4) is 0 Å². The molecule has 0 fully saturated rings. The second-order valence-corrected chi connectivity index (χ2v) is 6.17. The van der Waals surface area contributed by atoms with Gasteiger partial charge in [0.25, 0.3) is 0 Å². The number of hydrogen-bond donors (Lipinski definition) is 3. The van der Waals surface area contributed by atoms with Gasteiger partial charge in [0, 0.05) is 37.0 Å². The summed E-state index contributed by atoms with van der Waals surface area (Å²) in [5, 5.41) is 8.60. The smallest absolute Gasteiger partial charge is 0.406 e. The summed E-state index contributed by atoms with van der Waals surface area (Å²) >= 11 is 0. The maximum atomic E-state index is 12.5. The first-order valence-electron chi connectivity index (χ1n) is 8.79. The normalized spacial score (nSPS) is 11.0. The Morgan fingerprint density at radius 3 is 2.33 bits per heavy atom. The molecule has 0 aliphatic carbocycles. The number of alkyl halides is 3. The Morgan fingerprint density at radius 1 is 1.00 bits per heavy atom. The molecule has 1 amide bonds. The van der Waals surface area contributed by atoms with Crippen molar-refractivity contribution in [1.82, 2.24) is 9.97 Å². The predicted molar refractivity (Wildman–Crippen MR) is 108 cm³/mol. The number of halogens is 3. The summed E-state index contributed by atoms with van der Waals surface area (Å²) in [6.07, 6.45) is -4.78. The molecule has 0 saturated carbocycles. The van der Waals surface area contributed by atoms with Crippen molar-refractivity contribution in [2.75, 3.05) is 23.0 Å². The van der Waals surface area contributed by atoms with Crippen LogP contribution in [0, 0.1) is 0 Å². The highest BCUT2D eigenvalue weighted by atomic mass is 19.4. The van der Waals surface area contributed by atoms with E-state index in [-0.39, 0.29) is 17.6 Å². The van der Waals surface area contributed by atoms with Crippen LogP contribution in [0.2, 0.25) is 0 Å². The van der Waals surface area contributed by atoms with Crippen LogP contribution in [-0.4, -0.2) is 29.3 Å². The summed E-state index contributed by atoms with van der Waals surface area (Å²) in [6.45, 7) is 1.42. The van der Waals surface area contributed by atoms with Crippen LogP contribution < -0.4 is 20.7 Å². The summed E-state index contributed by atoms with van der Waals surface area (Å²) in [7, 11) is 1.63. The zero-order valence-electron chi connectivity index (χ0n) is 16.0. The lowest BCUT2D eigenvalue weighted by Crippen LogP contribution is -2.17. The highest BCUT2D eigenvalue weighted by molar-refractivity contribution is 5.88. The number of carbonyl (C=O) groups is 1. The fraction of sp³-hybridized carbons (Fsp3) is 0.150. The Labute approximate surface area is 170 Å². The molecule has 0 saturated heterocycles. The van der Waals surface area contributed by atoms with Gasteiger partial charge >= 0.3 is 6.36 Å². The van der Waals surface area contributed by atoms with E-state index in [1.807, 2.05) is 0 Å². The third kappa shape index (κ3) is 5.84. The molecule has 1 aromatic heterocycles. The second kappa shape index (κ2) is 8.68. The number of ether oxygens (including phenoxy) is 1. The summed E-state index contributed by atoms with van der Waals surface area (Å²) in [6, 6.07) is 14.1. The average Bonchev–Trinajstić information content (AvgIpc) is 2.68. The molecule has 2 aromatic carbocycles. The SMILES string of the molecule is CNc1nc(Nc2ccc(NC(C)=O)cc2)cc(-c2cccc(OC(F)(F)F)c2)n1. The molecule has 1 heterocycles. The van der Waals surface area contributed by atoms with Crippen molar-refractivity contribution in [3.8, 4) is 17.0 Å². The van der Waals surface area contributed by atoms with Gasteiger partial charge in [-0.3, -0.25) is 4.79 Å². The molecule has 0 radical (unpaired) electrons. The van der Waals surface area contributed by atoms with Crippen LogP contribution in [-0.2, 0) is 4.79 Å². The van der Waals surface area contributed by atoms with Gasteiger partial charge in [-0.2, -0.15) is 4.98 Å². The van der Waals surface area contributed by atoms with Gasteiger partial charge < -0.3 is 20.7 Å². The molecule has 0 unspecified atom stereocenters. The van der Waals surface area contributed by atoms with Gasteiger partial charge in [0.15, 0.2) is 0 Å². The van der Waals surface area contributed by atoms with Crippen molar-refractivity contribution in [2.24, 2.45) is 0 Å². The second-order valence-electron chi connectivity index (χ2n) is 6.17. The molecule has 0 aliphatic heterocycles. The first-order chi connectivity index (χ1) is 14.2. The van der Waals surface area contributed by atoms with Gasteiger partial charge in [-0.15, -0.1) is 13.2 Å². The molecule has 3 N–H and O–H groups in total. The number of nitrogens with one attached hydrogen (secondary N) is 3. The van der Waals surface area contributed by atoms with E-state index >= 15 is 0 Å². The minimum atomic E-state index is -4.78. The van der Waals surface area contributed by atoms with Gasteiger partial charge in [0.2, 0.25) is 11.9 Å². The molecular weight excluding hydrogens is 399 g/mol. The summed E-state index contributed by atoms with van der Waals surface area (Å²) in [5.74, 6) is 0.199. The Balaban J connectivity index is 1.87. The summed E-state index contributed by atoms with van der Waals surface area (Å²) in [4.78, 5) is 19.7.